The highest BCUT2D eigenvalue weighted by atomic mass is 36.0. The van der Waals surface area contributed by atoms with Crippen LogP contribution in [0.25, 0.3) is 0 Å². The molecule has 0 amide bonds. The second-order valence-electron chi connectivity index (χ2n) is 3.60. The van der Waals surface area contributed by atoms with Gasteiger partial charge in [-0.3, -0.25) is 9.36 Å². The van der Waals surface area contributed by atoms with Crippen molar-refractivity contribution >= 4 is 50.5 Å². The van der Waals surface area contributed by atoms with Gasteiger partial charge in [0.15, 0.2) is 0 Å². The molecule has 0 unspecified atom stereocenters. The molecule has 2 aromatic heterocycles. The number of rotatable bonds is 2. The Bertz CT molecular complexity index is 753. The Labute approximate surface area is 157 Å². The lowest BCUT2D eigenvalue weighted by atomic mass is 10.4. The van der Waals surface area contributed by atoms with Crippen molar-refractivity contribution in [3.63, 3.8) is 0 Å². The van der Waals surface area contributed by atoms with Crippen LogP contribution in [-0.4, -0.2) is 19.9 Å². The van der Waals surface area contributed by atoms with Gasteiger partial charge in [-0.25, -0.2) is 32.5 Å². The normalized spacial score (nSPS) is 10.6. The van der Waals surface area contributed by atoms with Crippen LogP contribution < -0.4 is 5.56 Å². The van der Waals surface area contributed by atoms with Gasteiger partial charge in [-0.15, -0.1) is 0 Å². The largest absolute Gasteiger partial charge is 0.339 e. The molecule has 0 spiro atoms. The van der Waals surface area contributed by atoms with Crippen molar-refractivity contribution in [1.82, 2.24) is 19.9 Å². The molecule has 0 fully saturated rings. The van der Waals surface area contributed by atoms with E-state index in [1.807, 2.05) is 0 Å². The zero-order chi connectivity index (χ0) is 19.6. The molecule has 25 heavy (non-hydrogen) atoms. The molecule has 0 radical (unpaired) electrons. The number of nitrogens with zero attached hydrogens (tertiary/aromatic N) is 3. The quantitative estimate of drug-likeness (QED) is 0.356. The van der Waals surface area contributed by atoms with Crippen LogP contribution in [0.2, 0.25) is 5.15 Å². The van der Waals surface area contributed by atoms with E-state index in [1.54, 1.807) is 0 Å². The number of hydrogen-bond donors (Lipinski definition) is 1. The number of alkyl halides is 4. The molecule has 0 aliphatic heterocycles. The second-order valence-corrected chi connectivity index (χ2v) is 10.6. The lowest BCUT2D eigenvalue weighted by molar-refractivity contribution is 0.145. The van der Waals surface area contributed by atoms with Gasteiger partial charge < -0.3 is 4.98 Å². The summed E-state index contributed by atoms with van der Waals surface area (Å²) in [6.45, 7) is 0. The maximum absolute atomic E-state index is 11.8. The maximum Gasteiger partial charge on any atom is 0.339 e. The van der Waals surface area contributed by atoms with Crippen LogP contribution in [0.4, 0.5) is 17.6 Å². The predicted octanol–water partition coefficient (Wildman–Crippen LogP) is 5.59. The summed E-state index contributed by atoms with van der Waals surface area (Å²) >= 11 is 19.2. The fourth-order valence-corrected chi connectivity index (χ4v) is 1.13. The molecule has 0 bridgehead atoms. The number of halogens is 8. The highest BCUT2D eigenvalue weighted by molar-refractivity contribution is 8.24. The summed E-state index contributed by atoms with van der Waals surface area (Å²) in [5, 5.41) is -3.19. The van der Waals surface area contributed by atoms with Crippen LogP contribution in [0.1, 0.15) is 24.2 Å². The summed E-state index contributed by atoms with van der Waals surface area (Å²) in [4.78, 5) is 22.5. The van der Waals surface area contributed by atoms with Crippen LogP contribution in [0.15, 0.2) is 29.6 Å². The molecular formula is C10H7Cl4F4N4O2P. The zero-order valence-electron chi connectivity index (χ0n) is 11.6. The minimum absolute atomic E-state index is 0.0327. The average Bonchev–Trinajstić information content (AvgIpc) is 2.46. The van der Waals surface area contributed by atoms with Crippen molar-refractivity contribution in [2.24, 2.45) is 0 Å². The fraction of sp³-hybridized carbons (Fsp3) is 0.200. The van der Waals surface area contributed by atoms with E-state index in [1.165, 1.54) is 0 Å². The van der Waals surface area contributed by atoms with Gasteiger partial charge in [-0.2, -0.15) is 0 Å². The summed E-state index contributed by atoms with van der Waals surface area (Å²) < 4.78 is 56.6. The predicted molar refractivity (Wildman–Crippen MR) is 87.0 cm³/mol. The Kier molecular flexibility index (Phi) is 11.2. The van der Waals surface area contributed by atoms with Crippen molar-refractivity contribution in [2.45, 2.75) is 12.9 Å². The number of aromatic amines is 1. The maximum atomic E-state index is 11.8. The van der Waals surface area contributed by atoms with Crippen molar-refractivity contribution in [3.05, 3.63) is 51.7 Å². The first-order chi connectivity index (χ1) is 11.4. The van der Waals surface area contributed by atoms with Crippen LogP contribution in [0, 0.1) is 0 Å². The summed E-state index contributed by atoms with van der Waals surface area (Å²) in [6, 6.07) is 1.80. The van der Waals surface area contributed by atoms with Crippen molar-refractivity contribution < 1.29 is 22.1 Å². The first-order valence-corrected chi connectivity index (χ1v) is 10.5. The molecule has 0 atom stereocenters. The molecule has 15 heteroatoms. The van der Waals surface area contributed by atoms with E-state index in [0.29, 0.717) is 0 Å². The topological polar surface area (TPSA) is 88.6 Å². The zero-order valence-corrected chi connectivity index (χ0v) is 15.5. The Hall–Kier alpha value is -0.930. The van der Waals surface area contributed by atoms with Gasteiger partial charge in [0.2, 0.25) is 0 Å². The summed E-state index contributed by atoms with van der Waals surface area (Å²) in [5.74, 6) is 0. The third-order valence-corrected chi connectivity index (χ3v) is 2.01. The molecule has 0 saturated carbocycles. The molecule has 0 aliphatic carbocycles. The second kappa shape index (κ2) is 11.6. The van der Waals surface area contributed by atoms with E-state index in [4.69, 9.17) is 11.6 Å². The SMILES string of the molecule is FC(F)c1cc(Cl)ncn1.O=P(Cl)(Cl)Cl.O=c1cc(C(F)F)nc[nH]1. The van der Waals surface area contributed by atoms with Crippen LogP contribution in [-0.2, 0) is 4.57 Å². The third-order valence-electron chi connectivity index (χ3n) is 1.80. The number of nitrogens with one attached hydrogen (secondary N) is 1. The molecule has 6 nitrogen and oxygen atoms in total. The van der Waals surface area contributed by atoms with Gasteiger partial charge in [-0.05, 0) is 33.7 Å². The van der Waals surface area contributed by atoms with Gasteiger partial charge in [0.05, 0.1) is 6.33 Å². The van der Waals surface area contributed by atoms with Gasteiger partial charge in [-0.1, -0.05) is 11.6 Å². The standard InChI is InChI=1S/C5H3ClF2N2.C5H4F2N2O.Cl3OP/c6-4-1-3(5(7)8)9-2-10-4;6-5(7)3-1-4(10)9-2-8-3;1-5(2,3)4/h1-2,5H;1-2,5H,(H,8,9,10);. The van der Waals surface area contributed by atoms with Crippen LogP contribution in [0.5, 0.6) is 0 Å². The molecule has 2 heterocycles. The minimum atomic E-state index is -3.22. The molecule has 0 aliphatic rings. The summed E-state index contributed by atoms with van der Waals surface area (Å²) in [6.07, 6.45) is -3.31. The van der Waals surface area contributed by atoms with Crippen LogP contribution in [0.3, 0.4) is 0 Å². The Balaban J connectivity index is 0.000000368. The number of aromatic nitrogens is 4. The average molecular weight is 464 g/mol. The summed E-state index contributed by atoms with van der Waals surface area (Å²) in [7, 11) is 0. The number of H-pyrrole nitrogens is 1. The smallest absolute Gasteiger partial charge is 0.313 e. The van der Waals surface area contributed by atoms with E-state index in [9.17, 15) is 26.9 Å². The molecular weight excluding hydrogens is 457 g/mol. The lowest BCUT2D eigenvalue weighted by Crippen LogP contribution is -2.06. The fourth-order valence-electron chi connectivity index (χ4n) is 0.970. The molecule has 2 rings (SSSR count). The van der Waals surface area contributed by atoms with E-state index in [-0.39, 0.29) is 10.8 Å². The van der Waals surface area contributed by atoms with Gasteiger partial charge >= 0.3 is 5.20 Å². The first kappa shape index (κ1) is 24.1. The van der Waals surface area contributed by atoms with Crippen molar-refractivity contribution in [2.75, 3.05) is 0 Å². The van der Waals surface area contributed by atoms with E-state index >= 15 is 0 Å². The van der Waals surface area contributed by atoms with Crippen molar-refractivity contribution in [1.29, 1.82) is 0 Å². The van der Waals surface area contributed by atoms with Crippen LogP contribution >= 0.6 is 50.5 Å². The molecule has 1 N–H and O–H groups in total. The highest BCUT2D eigenvalue weighted by Gasteiger charge is 2.08. The van der Waals surface area contributed by atoms with Crippen molar-refractivity contribution in [3.8, 4) is 0 Å². The lowest BCUT2D eigenvalue weighted by Gasteiger charge is -1.95. The highest BCUT2D eigenvalue weighted by Crippen LogP contribution is 2.61. The Morgan fingerprint density at radius 2 is 1.44 bits per heavy atom. The Morgan fingerprint density at radius 1 is 0.960 bits per heavy atom. The minimum Gasteiger partial charge on any atom is -0.313 e. The van der Waals surface area contributed by atoms with Gasteiger partial charge in [0, 0.05) is 12.1 Å². The summed E-state index contributed by atoms with van der Waals surface area (Å²) in [5.41, 5.74) is -1.41. The van der Waals surface area contributed by atoms with E-state index < -0.39 is 29.3 Å². The van der Waals surface area contributed by atoms with Gasteiger partial charge in [0.1, 0.15) is 22.9 Å². The first-order valence-electron chi connectivity index (χ1n) is 5.67. The molecule has 140 valence electrons. The monoisotopic (exact) mass is 462 g/mol. The molecule has 2 aromatic rings. The number of hydrogen-bond acceptors (Lipinski definition) is 5. The third kappa shape index (κ3) is 14.0. The van der Waals surface area contributed by atoms with E-state index in [2.05, 4.69) is 53.7 Å². The molecule has 0 saturated heterocycles. The van der Waals surface area contributed by atoms with Gasteiger partial charge in [0.25, 0.3) is 18.4 Å². The van der Waals surface area contributed by atoms with E-state index in [0.717, 1.165) is 24.8 Å². The molecule has 0 aromatic carbocycles. The Morgan fingerprint density at radius 3 is 1.76 bits per heavy atom.